The number of hydrogen-bond acceptors (Lipinski definition) is 1. The smallest absolute Gasteiger partial charge is 0.252 e. The quantitative estimate of drug-likeness (QED) is 0.157. The van der Waals surface area contributed by atoms with Crippen molar-refractivity contribution in [2.75, 3.05) is 4.90 Å². The Labute approximate surface area is 582 Å². The summed E-state index contributed by atoms with van der Waals surface area (Å²) in [7, 11) is 0. The van der Waals surface area contributed by atoms with Crippen molar-refractivity contribution in [3.63, 3.8) is 0 Å². The standard InChI is InChI=1S/C92H67BN4/c1-91(2,3)60-50-72(57-29-12-8-13-30-57)88(73(51-60)58-31-14-9-15-32-58)97-82-54-62(94-78-42-23-21-38-68(78)69-39-22-24-43-79(69)94)46-47-76(82)93-77-53-61(92(4,5)6)52-75-74-49-59(56-27-10-7-11-28-56)45-48-81(74)96(89(75)77)84-55-83-85(90(97)86(84)93)71-41-26-40-70-66-36-19-17-34-64(66)63-33-16-18-35-65(63)67-37-20-25-44-80(67)95(83)87(70)71/h7-55H,1-6H3/i7D,10D,11D,21D,22D,23D,24D,27D,28D,38D,39D,42D,43D. The van der Waals surface area contributed by atoms with E-state index in [1.165, 1.54) is 0 Å². The van der Waals surface area contributed by atoms with Gasteiger partial charge in [-0.3, -0.25) is 0 Å². The molecule has 14 aromatic carbocycles. The maximum absolute atomic E-state index is 9.93. The summed E-state index contributed by atoms with van der Waals surface area (Å²) in [6.07, 6.45) is 0. The Morgan fingerprint density at radius 3 is 1.53 bits per heavy atom. The minimum Gasteiger partial charge on any atom is -0.310 e. The van der Waals surface area contributed by atoms with Gasteiger partial charge in [0.2, 0.25) is 0 Å². The van der Waals surface area contributed by atoms with Gasteiger partial charge in [0.1, 0.15) is 0 Å². The van der Waals surface area contributed by atoms with Crippen LogP contribution in [0.4, 0.5) is 17.1 Å². The Morgan fingerprint density at radius 2 is 0.876 bits per heavy atom. The van der Waals surface area contributed by atoms with E-state index in [0.717, 1.165) is 148 Å². The van der Waals surface area contributed by atoms with Gasteiger partial charge in [-0.05, 0) is 149 Å². The fourth-order valence-corrected chi connectivity index (χ4v) is 16.4. The molecule has 4 nitrogen and oxygen atoms in total. The Hall–Kier alpha value is -11.7. The molecule has 2 aliphatic heterocycles. The van der Waals surface area contributed by atoms with Crippen molar-refractivity contribution in [3.8, 4) is 44.8 Å². The third-order valence-corrected chi connectivity index (χ3v) is 20.8. The number of aromatic nitrogens is 3. The molecule has 458 valence electrons. The highest BCUT2D eigenvalue weighted by atomic mass is 15.2. The molecule has 0 aliphatic carbocycles. The zero-order valence-corrected chi connectivity index (χ0v) is 54.2. The van der Waals surface area contributed by atoms with Gasteiger partial charge in [-0.25, -0.2) is 0 Å². The minimum atomic E-state index is -0.617. The lowest BCUT2D eigenvalue weighted by Crippen LogP contribution is -2.60. The van der Waals surface area contributed by atoms with Crippen LogP contribution in [0.1, 0.15) is 70.5 Å². The van der Waals surface area contributed by atoms with Gasteiger partial charge in [0, 0.05) is 76.8 Å². The molecule has 0 saturated heterocycles. The molecule has 0 radical (unpaired) electrons. The van der Waals surface area contributed by atoms with Gasteiger partial charge in [0.25, 0.3) is 6.71 Å². The Morgan fingerprint density at radius 1 is 0.320 bits per heavy atom. The topological polar surface area (TPSA) is 17.5 Å². The lowest BCUT2D eigenvalue weighted by Gasteiger charge is -2.43. The van der Waals surface area contributed by atoms with E-state index in [2.05, 4.69) is 237 Å². The van der Waals surface area contributed by atoms with E-state index in [-0.39, 0.29) is 39.5 Å². The summed E-state index contributed by atoms with van der Waals surface area (Å²) in [5, 5.41) is 9.78. The lowest BCUT2D eigenvalue weighted by atomic mass is 9.33. The predicted octanol–water partition coefficient (Wildman–Crippen LogP) is 22.7. The van der Waals surface area contributed by atoms with Crippen LogP contribution in [0.25, 0.3) is 148 Å². The monoisotopic (exact) mass is 1250 g/mol. The molecular weight excluding hydrogens is 1170 g/mol. The second kappa shape index (κ2) is 20.4. The molecule has 6 heterocycles. The summed E-state index contributed by atoms with van der Waals surface area (Å²) < 4.78 is 128. The second-order valence-electron chi connectivity index (χ2n) is 28.2. The molecule has 20 rings (SSSR count). The molecular formula is C92H67BN4. The van der Waals surface area contributed by atoms with Crippen LogP contribution in [0.2, 0.25) is 0 Å². The van der Waals surface area contributed by atoms with Crippen LogP contribution in [-0.2, 0) is 10.8 Å². The zero-order chi connectivity index (χ0) is 76.1. The minimum absolute atomic E-state index is 0.00261. The van der Waals surface area contributed by atoms with Gasteiger partial charge < -0.3 is 18.4 Å². The Bertz CT molecular complexity index is 7120. The van der Waals surface area contributed by atoms with Crippen molar-refractivity contribution in [2.24, 2.45) is 0 Å². The van der Waals surface area contributed by atoms with Crippen LogP contribution in [0.15, 0.2) is 297 Å². The van der Waals surface area contributed by atoms with E-state index in [1.54, 1.807) is 4.57 Å². The highest BCUT2D eigenvalue weighted by Crippen LogP contribution is 2.55. The highest BCUT2D eigenvalue weighted by Gasteiger charge is 2.46. The second-order valence-corrected chi connectivity index (χ2v) is 28.2. The van der Waals surface area contributed by atoms with Gasteiger partial charge >= 0.3 is 0 Å². The molecule has 18 aromatic rings. The molecule has 0 fully saturated rings. The summed E-state index contributed by atoms with van der Waals surface area (Å²) in [5.74, 6) is 0. The number of benzene rings is 14. The summed E-state index contributed by atoms with van der Waals surface area (Å²) >= 11 is 0. The molecule has 0 amide bonds. The van der Waals surface area contributed by atoms with Gasteiger partial charge in [-0.2, -0.15) is 0 Å². The number of fused-ring (bicyclic) bond motifs is 21. The Kier molecular flexibility index (Phi) is 9.29. The molecule has 5 heteroatoms. The van der Waals surface area contributed by atoms with Gasteiger partial charge in [0.15, 0.2) is 0 Å². The first-order valence-electron chi connectivity index (χ1n) is 39.7. The van der Waals surface area contributed by atoms with E-state index < -0.39 is 84.0 Å². The average molecular weight is 1250 g/mol. The summed E-state index contributed by atoms with van der Waals surface area (Å²) in [6.45, 7) is 12.7. The zero-order valence-electron chi connectivity index (χ0n) is 67.2. The van der Waals surface area contributed by atoms with Crippen molar-refractivity contribution in [1.29, 1.82) is 0 Å². The molecule has 0 unspecified atom stereocenters. The van der Waals surface area contributed by atoms with Gasteiger partial charge in [0.05, 0.1) is 62.3 Å². The van der Waals surface area contributed by atoms with Crippen LogP contribution < -0.4 is 21.3 Å². The number of nitrogens with zero attached hydrogens (tertiary/aromatic N) is 4. The Balaban J connectivity index is 1.08. The third kappa shape index (κ3) is 8.00. The first kappa shape index (κ1) is 44.1. The number of para-hydroxylation sites is 4. The van der Waals surface area contributed by atoms with E-state index in [1.807, 2.05) is 36.4 Å². The predicted molar refractivity (Wildman–Crippen MR) is 415 cm³/mol. The fraction of sp³-hybridized carbons (Fsp3) is 0.0870. The van der Waals surface area contributed by atoms with Crippen LogP contribution in [0.5, 0.6) is 0 Å². The lowest BCUT2D eigenvalue weighted by molar-refractivity contribution is 0.590. The third-order valence-electron chi connectivity index (χ3n) is 20.8. The van der Waals surface area contributed by atoms with Crippen LogP contribution in [0.3, 0.4) is 0 Å². The first-order valence-corrected chi connectivity index (χ1v) is 33.2. The van der Waals surface area contributed by atoms with Crippen LogP contribution in [0, 0.1) is 0 Å². The van der Waals surface area contributed by atoms with Crippen LogP contribution >= 0.6 is 0 Å². The van der Waals surface area contributed by atoms with Crippen molar-refractivity contribution in [2.45, 2.75) is 52.4 Å². The van der Waals surface area contributed by atoms with Crippen molar-refractivity contribution in [1.82, 2.24) is 13.5 Å². The van der Waals surface area contributed by atoms with Crippen molar-refractivity contribution in [3.05, 3.63) is 308 Å². The summed E-state index contributed by atoms with van der Waals surface area (Å²) in [6, 6.07) is 71.6. The number of anilines is 3. The fourth-order valence-electron chi connectivity index (χ4n) is 16.4. The highest BCUT2D eigenvalue weighted by molar-refractivity contribution is 7.00. The maximum atomic E-state index is 9.93. The molecule has 0 N–H and O–H groups in total. The first-order chi connectivity index (χ1) is 52.8. The number of hydrogen-bond donors (Lipinski definition) is 0. The molecule has 0 saturated carbocycles. The molecule has 0 bridgehead atoms. The molecule has 0 atom stereocenters. The summed E-state index contributed by atoms with van der Waals surface area (Å²) in [4.78, 5) is 2.46. The van der Waals surface area contributed by atoms with Gasteiger partial charge in [-0.15, -0.1) is 0 Å². The SMILES string of the molecule is [2H]c1c([2H])c([2H])c(-c2ccc3c(c2)c2cc(C(C)(C)C)cc4c2n3-c2cc3c(c5c2B4c2ccc(-n4c6c([2H])c([2H])c([2H])c([2H])c6c6c([2H])c([2H])c([2H])c([2H])c64)cc2N5c2c(-c4ccccc4)cc(C(C)(C)C)cc2-c2ccccc2)c2cccc4c5ccccc5c5ccccc5c5ccccc5n3c42)c([2H])c1[2H]. The normalized spacial score (nSPS) is 14.9. The average Bonchev–Trinajstić information content (AvgIpc) is 1.44. The molecule has 4 aromatic heterocycles. The van der Waals surface area contributed by atoms with E-state index in [0.29, 0.717) is 16.9 Å². The molecule has 0 spiro atoms. The van der Waals surface area contributed by atoms with Crippen LogP contribution in [-0.4, -0.2) is 20.2 Å². The largest absolute Gasteiger partial charge is 0.310 e. The molecule has 2 aliphatic rings. The maximum Gasteiger partial charge on any atom is 0.252 e. The van der Waals surface area contributed by atoms with Gasteiger partial charge in [-0.1, -0.05) is 272 Å². The molecule has 97 heavy (non-hydrogen) atoms. The van der Waals surface area contributed by atoms with E-state index in [9.17, 15) is 11.0 Å². The summed E-state index contributed by atoms with van der Waals surface area (Å²) in [5.41, 5.74) is 16.4. The van der Waals surface area contributed by atoms with E-state index in [4.69, 9.17) is 6.85 Å². The van der Waals surface area contributed by atoms with Crippen molar-refractivity contribution < 1.29 is 17.8 Å². The number of rotatable bonds is 5. The van der Waals surface area contributed by atoms with E-state index >= 15 is 0 Å². The van der Waals surface area contributed by atoms with Crippen molar-refractivity contribution >= 4 is 143 Å².